The highest BCUT2D eigenvalue weighted by Gasteiger charge is 2.30. The molecule has 0 aliphatic heterocycles. The number of hydrogen-bond acceptors (Lipinski definition) is 6. The summed E-state index contributed by atoms with van der Waals surface area (Å²) in [6, 6.07) is 7.17. The van der Waals surface area contributed by atoms with Gasteiger partial charge in [0.2, 0.25) is 11.7 Å². The number of aryl methyl sites for hydroxylation is 1. The maximum Gasteiger partial charge on any atom is 0.316 e. The summed E-state index contributed by atoms with van der Waals surface area (Å²) in [6.07, 6.45) is 1.34. The third kappa shape index (κ3) is 4.52. The van der Waals surface area contributed by atoms with Crippen LogP contribution in [0, 0.1) is 5.41 Å². The van der Waals surface area contributed by atoms with Gasteiger partial charge in [0.1, 0.15) is 5.75 Å². The Balaban J connectivity index is 2.23. The Morgan fingerprint density at radius 2 is 1.69 bits per heavy atom. The number of hydrogen-bond donors (Lipinski definition) is 1. The van der Waals surface area contributed by atoms with Crippen molar-refractivity contribution >= 4 is 11.9 Å². The maximum atomic E-state index is 12.4. The number of rotatable bonds is 5. The van der Waals surface area contributed by atoms with Gasteiger partial charge in [0, 0.05) is 12.5 Å². The SMILES string of the molecule is COc1cc2c(c(OC)c1OC)-c1ccc(OC(=O)C(C)(C)C)cc1C(NC(C)=O)CC2. The molecule has 1 aliphatic carbocycles. The normalized spacial score (nSPS) is 15.0. The number of nitrogens with one attached hydrogen (secondary N) is 1. The van der Waals surface area contributed by atoms with Gasteiger partial charge >= 0.3 is 5.97 Å². The second-order valence-electron chi connectivity index (χ2n) is 8.86. The van der Waals surface area contributed by atoms with E-state index in [0.29, 0.717) is 35.8 Å². The molecule has 0 bridgehead atoms. The van der Waals surface area contributed by atoms with Crippen molar-refractivity contribution < 1.29 is 28.5 Å². The van der Waals surface area contributed by atoms with Crippen LogP contribution in [0.15, 0.2) is 24.3 Å². The van der Waals surface area contributed by atoms with Crippen molar-refractivity contribution in [1.82, 2.24) is 5.32 Å². The smallest absolute Gasteiger partial charge is 0.316 e. The molecular weight excluding hydrogens is 410 g/mol. The van der Waals surface area contributed by atoms with Crippen LogP contribution >= 0.6 is 0 Å². The topological polar surface area (TPSA) is 83.1 Å². The quantitative estimate of drug-likeness (QED) is 0.545. The largest absolute Gasteiger partial charge is 0.493 e. The van der Waals surface area contributed by atoms with Crippen molar-refractivity contribution in [3.8, 4) is 34.1 Å². The van der Waals surface area contributed by atoms with Gasteiger partial charge in [0.25, 0.3) is 0 Å². The van der Waals surface area contributed by atoms with Gasteiger partial charge in [0.05, 0.1) is 32.8 Å². The minimum absolute atomic E-state index is 0.133. The molecule has 1 unspecified atom stereocenters. The van der Waals surface area contributed by atoms with Gasteiger partial charge in [0.15, 0.2) is 11.5 Å². The number of amides is 1. The molecule has 1 atom stereocenters. The first-order valence-electron chi connectivity index (χ1n) is 10.6. The predicted octanol–water partition coefficient (Wildman–Crippen LogP) is 4.45. The monoisotopic (exact) mass is 441 g/mol. The van der Waals surface area contributed by atoms with Gasteiger partial charge in [-0.1, -0.05) is 6.07 Å². The van der Waals surface area contributed by atoms with E-state index in [-0.39, 0.29) is 17.9 Å². The van der Waals surface area contributed by atoms with E-state index in [4.69, 9.17) is 18.9 Å². The number of fused-ring (bicyclic) bond motifs is 3. The molecule has 0 heterocycles. The molecule has 2 aromatic rings. The predicted molar refractivity (Wildman–Crippen MR) is 122 cm³/mol. The Kier molecular flexibility index (Phi) is 6.67. The van der Waals surface area contributed by atoms with E-state index in [9.17, 15) is 9.59 Å². The first-order chi connectivity index (χ1) is 15.1. The molecule has 172 valence electrons. The van der Waals surface area contributed by atoms with Crippen LogP contribution in [-0.4, -0.2) is 33.2 Å². The highest BCUT2D eigenvalue weighted by atomic mass is 16.5. The van der Waals surface area contributed by atoms with Crippen LogP contribution in [0.25, 0.3) is 11.1 Å². The molecule has 3 rings (SSSR count). The standard InChI is InChI=1S/C25H31NO6/c1-14(27)26-19-11-8-15-12-20(29-5)22(30-6)23(31-7)21(15)17-10-9-16(13-18(17)19)32-24(28)25(2,3)4/h9-10,12-13,19H,8,11H2,1-7H3,(H,26,27). The van der Waals surface area contributed by atoms with Gasteiger partial charge < -0.3 is 24.3 Å². The third-order valence-electron chi connectivity index (χ3n) is 5.48. The van der Waals surface area contributed by atoms with E-state index < -0.39 is 5.41 Å². The second-order valence-corrected chi connectivity index (χ2v) is 8.86. The van der Waals surface area contributed by atoms with Gasteiger partial charge in [-0.15, -0.1) is 0 Å². The molecule has 0 saturated carbocycles. The lowest BCUT2D eigenvalue weighted by molar-refractivity contribution is -0.143. The summed E-state index contributed by atoms with van der Waals surface area (Å²) in [4.78, 5) is 24.4. The molecule has 2 aromatic carbocycles. The lowest BCUT2D eigenvalue weighted by Crippen LogP contribution is -2.27. The van der Waals surface area contributed by atoms with Crippen molar-refractivity contribution in [2.75, 3.05) is 21.3 Å². The number of methoxy groups -OCH3 is 3. The van der Waals surface area contributed by atoms with Crippen molar-refractivity contribution in [3.63, 3.8) is 0 Å². The van der Waals surface area contributed by atoms with Gasteiger partial charge in [-0.05, 0) is 68.5 Å². The molecule has 0 saturated heterocycles. The molecule has 7 heteroatoms. The molecular formula is C25H31NO6. The fourth-order valence-electron chi connectivity index (χ4n) is 3.93. The van der Waals surface area contributed by atoms with Crippen LogP contribution in [0.2, 0.25) is 0 Å². The van der Waals surface area contributed by atoms with Crippen molar-refractivity contribution in [2.45, 2.75) is 46.6 Å². The van der Waals surface area contributed by atoms with E-state index in [1.54, 1.807) is 48.2 Å². The first kappa shape index (κ1) is 23.4. The van der Waals surface area contributed by atoms with Crippen molar-refractivity contribution in [3.05, 3.63) is 35.4 Å². The Bertz CT molecular complexity index is 1040. The Hall–Kier alpha value is -3.22. The molecule has 0 radical (unpaired) electrons. The number of benzene rings is 2. The fourth-order valence-corrected chi connectivity index (χ4v) is 3.93. The minimum Gasteiger partial charge on any atom is -0.493 e. The zero-order chi connectivity index (χ0) is 23.6. The summed E-state index contributed by atoms with van der Waals surface area (Å²) in [6.45, 7) is 6.91. The zero-order valence-electron chi connectivity index (χ0n) is 19.8. The molecule has 7 nitrogen and oxygen atoms in total. The van der Waals surface area contributed by atoms with Crippen LogP contribution in [0.3, 0.4) is 0 Å². The molecule has 0 fully saturated rings. The highest BCUT2D eigenvalue weighted by molar-refractivity contribution is 5.84. The summed E-state index contributed by atoms with van der Waals surface area (Å²) < 4.78 is 22.5. The van der Waals surface area contributed by atoms with Crippen LogP contribution in [0.4, 0.5) is 0 Å². The fraction of sp³-hybridized carbons (Fsp3) is 0.440. The number of carbonyl (C=O) groups is 2. The van der Waals surface area contributed by atoms with E-state index in [1.807, 2.05) is 18.2 Å². The average Bonchev–Trinajstić information content (AvgIpc) is 2.88. The lowest BCUT2D eigenvalue weighted by Gasteiger charge is -2.22. The highest BCUT2D eigenvalue weighted by Crippen LogP contribution is 2.50. The lowest BCUT2D eigenvalue weighted by atomic mass is 9.93. The summed E-state index contributed by atoms with van der Waals surface area (Å²) in [5.41, 5.74) is 2.99. The number of carbonyl (C=O) groups excluding carboxylic acids is 2. The Labute approximate surface area is 189 Å². The van der Waals surface area contributed by atoms with Crippen LogP contribution in [0.5, 0.6) is 23.0 Å². The molecule has 1 amide bonds. The van der Waals surface area contributed by atoms with Gasteiger partial charge in [-0.25, -0.2) is 0 Å². The molecule has 1 N–H and O–H groups in total. The maximum absolute atomic E-state index is 12.4. The number of esters is 1. The summed E-state index contributed by atoms with van der Waals surface area (Å²) >= 11 is 0. The Morgan fingerprint density at radius 3 is 2.25 bits per heavy atom. The third-order valence-corrected chi connectivity index (χ3v) is 5.48. The van der Waals surface area contributed by atoms with E-state index in [1.165, 1.54) is 6.92 Å². The summed E-state index contributed by atoms with van der Waals surface area (Å²) in [5, 5.41) is 3.04. The van der Waals surface area contributed by atoms with Gasteiger partial charge in [-0.3, -0.25) is 9.59 Å². The summed E-state index contributed by atoms with van der Waals surface area (Å²) in [5.74, 6) is 1.62. The minimum atomic E-state index is -0.635. The van der Waals surface area contributed by atoms with Gasteiger partial charge in [-0.2, -0.15) is 0 Å². The van der Waals surface area contributed by atoms with Crippen molar-refractivity contribution in [2.24, 2.45) is 5.41 Å². The van der Waals surface area contributed by atoms with E-state index >= 15 is 0 Å². The summed E-state index contributed by atoms with van der Waals surface area (Å²) in [7, 11) is 4.75. The molecule has 0 spiro atoms. The first-order valence-corrected chi connectivity index (χ1v) is 10.6. The van der Waals surface area contributed by atoms with Crippen LogP contribution in [0.1, 0.15) is 51.3 Å². The molecule has 1 aliphatic rings. The average molecular weight is 442 g/mol. The van der Waals surface area contributed by atoms with Crippen LogP contribution < -0.4 is 24.3 Å². The number of ether oxygens (including phenoxy) is 4. The van der Waals surface area contributed by atoms with E-state index in [2.05, 4.69) is 5.32 Å². The van der Waals surface area contributed by atoms with Crippen molar-refractivity contribution in [1.29, 1.82) is 0 Å². The second kappa shape index (κ2) is 9.10. The van der Waals surface area contributed by atoms with Crippen LogP contribution in [-0.2, 0) is 16.0 Å². The zero-order valence-corrected chi connectivity index (χ0v) is 19.8. The Morgan fingerprint density at radius 1 is 1.00 bits per heavy atom. The molecule has 32 heavy (non-hydrogen) atoms. The molecule has 0 aromatic heterocycles. The van der Waals surface area contributed by atoms with E-state index in [0.717, 1.165) is 22.3 Å².